The van der Waals surface area contributed by atoms with Crippen LogP contribution in [0.4, 0.5) is 10.5 Å². The molecule has 2 amide bonds. The van der Waals surface area contributed by atoms with Gasteiger partial charge in [-0.1, -0.05) is 0 Å². The Hall–Kier alpha value is -1.75. The minimum absolute atomic E-state index is 0.141. The molecule has 1 fully saturated rings. The summed E-state index contributed by atoms with van der Waals surface area (Å²) >= 11 is 0. The second-order valence-electron chi connectivity index (χ2n) is 5.09. The molecule has 2 aliphatic rings. The van der Waals surface area contributed by atoms with Crippen molar-refractivity contribution in [2.75, 3.05) is 25.0 Å². The summed E-state index contributed by atoms with van der Waals surface area (Å²) in [5.74, 6) is 0.909. The number of β-amino-alcohol motifs (C(OH)–C–C–N with tert-alkyl or cyclic N) is 1. The summed E-state index contributed by atoms with van der Waals surface area (Å²) in [5, 5.41) is 12.5. The molecule has 1 aromatic carbocycles. The van der Waals surface area contributed by atoms with Gasteiger partial charge in [0, 0.05) is 25.2 Å². The number of urea groups is 1. The number of fused-ring (bicyclic) bond motifs is 1. The smallest absolute Gasteiger partial charge is 0.321 e. The summed E-state index contributed by atoms with van der Waals surface area (Å²) in [6.45, 7) is 1.84. The van der Waals surface area contributed by atoms with Gasteiger partial charge >= 0.3 is 6.03 Å². The van der Waals surface area contributed by atoms with E-state index in [2.05, 4.69) is 5.32 Å². The van der Waals surface area contributed by atoms with Crippen LogP contribution in [0.5, 0.6) is 5.75 Å². The van der Waals surface area contributed by atoms with E-state index in [-0.39, 0.29) is 6.03 Å². The number of amides is 2. The lowest BCUT2D eigenvalue weighted by molar-refractivity contribution is 0.0883. The third-order valence-electron chi connectivity index (χ3n) is 3.62. The fourth-order valence-electron chi connectivity index (χ4n) is 2.61. The normalized spacial score (nSPS) is 21.7. The Morgan fingerprint density at radius 2 is 2.37 bits per heavy atom. The van der Waals surface area contributed by atoms with Crippen molar-refractivity contribution >= 4 is 11.7 Å². The molecule has 0 saturated carbocycles. The van der Waals surface area contributed by atoms with Gasteiger partial charge in [-0.2, -0.15) is 0 Å². The Morgan fingerprint density at radius 3 is 3.21 bits per heavy atom. The highest BCUT2D eigenvalue weighted by Gasteiger charge is 2.22. The van der Waals surface area contributed by atoms with E-state index in [1.54, 1.807) is 4.90 Å². The van der Waals surface area contributed by atoms with E-state index >= 15 is 0 Å². The first-order valence-corrected chi connectivity index (χ1v) is 6.72. The topological polar surface area (TPSA) is 61.8 Å². The molecule has 0 bridgehead atoms. The van der Waals surface area contributed by atoms with Gasteiger partial charge in [-0.05, 0) is 36.6 Å². The molecule has 1 atom stereocenters. The Morgan fingerprint density at radius 1 is 1.47 bits per heavy atom. The van der Waals surface area contributed by atoms with Gasteiger partial charge in [0.25, 0.3) is 0 Å². The first kappa shape index (κ1) is 12.3. The Kier molecular flexibility index (Phi) is 3.29. The fourth-order valence-corrected chi connectivity index (χ4v) is 2.61. The van der Waals surface area contributed by atoms with E-state index in [9.17, 15) is 9.90 Å². The van der Waals surface area contributed by atoms with Gasteiger partial charge in [0.15, 0.2) is 0 Å². The summed E-state index contributed by atoms with van der Waals surface area (Å²) in [5.41, 5.74) is 1.92. The molecule has 3 rings (SSSR count). The van der Waals surface area contributed by atoms with Crippen LogP contribution in [0.3, 0.4) is 0 Å². The third-order valence-corrected chi connectivity index (χ3v) is 3.62. The largest absolute Gasteiger partial charge is 0.493 e. The van der Waals surface area contributed by atoms with Gasteiger partial charge < -0.3 is 20.1 Å². The average Bonchev–Trinajstić information content (AvgIpc) is 2.86. The predicted molar refractivity (Wildman–Crippen MR) is 71.5 cm³/mol. The zero-order chi connectivity index (χ0) is 13.2. The highest BCUT2D eigenvalue weighted by atomic mass is 16.5. The van der Waals surface area contributed by atoms with Gasteiger partial charge in [-0.15, -0.1) is 0 Å². The summed E-state index contributed by atoms with van der Waals surface area (Å²) in [4.78, 5) is 13.8. The monoisotopic (exact) mass is 262 g/mol. The van der Waals surface area contributed by atoms with Crippen LogP contribution in [-0.4, -0.2) is 41.8 Å². The number of carbonyl (C=O) groups is 1. The van der Waals surface area contributed by atoms with Gasteiger partial charge in [-0.25, -0.2) is 4.79 Å². The second kappa shape index (κ2) is 5.09. The summed E-state index contributed by atoms with van der Waals surface area (Å²) in [6, 6.07) is 5.56. The molecule has 2 aliphatic heterocycles. The van der Waals surface area contributed by atoms with Gasteiger partial charge in [0.2, 0.25) is 0 Å². The van der Waals surface area contributed by atoms with Gasteiger partial charge in [0.1, 0.15) is 5.75 Å². The molecule has 19 heavy (non-hydrogen) atoms. The molecule has 5 heteroatoms. The molecule has 5 nitrogen and oxygen atoms in total. The molecule has 102 valence electrons. The molecule has 0 spiro atoms. The van der Waals surface area contributed by atoms with E-state index in [0.29, 0.717) is 19.7 Å². The highest BCUT2D eigenvalue weighted by molar-refractivity contribution is 5.89. The standard InChI is InChI=1S/C14H18N2O3/c17-12-2-1-6-16(9-12)14(18)15-11-3-4-13-10(8-11)5-7-19-13/h3-4,8,12,17H,1-2,5-7,9H2,(H,15,18)/t12-/m0/s1. The molecule has 0 radical (unpaired) electrons. The van der Waals surface area contributed by atoms with Crippen LogP contribution < -0.4 is 10.1 Å². The zero-order valence-electron chi connectivity index (χ0n) is 10.8. The molecule has 0 unspecified atom stereocenters. The van der Waals surface area contributed by atoms with Crippen molar-refractivity contribution in [2.24, 2.45) is 0 Å². The minimum atomic E-state index is -0.395. The van der Waals surface area contributed by atoms with Crippen molar-refractivity contribution in [1.82, 2.24) is 4.90 Å². The number of likely N-dealkylation sites (tertiary alicyclic amines) is 1. The van der Waals surface area contributed by atoms with E-state index in [0.717, 1.165) is 36.3 Å². The Labute approximate surface area is 112 Å². The number of ether oxygens (including phenoxy) is 1. The minimum Gasteiger partial charge on any atom is -0.493 e. The zero-order valence-corrected chi connectivity index (χ0v) is 10.8. The molecule has 2 N–H and O–H groups in total. The molecular formula is C14H18N2O3. The van der Waals surface area contributed by atoms with Crippen molar-refractivity contribution < 1.29 is 14.6 Å². The van der Waals surface area contributed by atoms with E-state index in [4.69, 9.17) is 4.74 Å². The number of aliphatic hydroxyl groups is 1. The Bertz CT molecular complexity index is 490. The summed E-state index contributed by atoms with van der Waals surface area (Å²) in [7, 11) is 0. The van der Waals surface area contributed by atoms with Crippen LogP contribution in [0.25, 0.3) is 0 Å². The number of nitrogens with zero attached hydrogens (tertiary/aromatic N) is 1. The number of anilines is 1. The third kappa shape index (κ3) is 2.66. The lowest BCUT2D eigenvalue weighted by Crippen LogP contribution is -2.44. The van der Waals surface area contributed by atoms with Crippen LogP contribution in [0.2, 0.25) is 0 Å². The number of benzene rings is 1. The van der Waals surface area contributed by atoms with Crippen LogP contribution in [0, 0.1) is 0 Å². The van der Waals surface area contributed by atoms with Crippen LogP contribution >= 0.6 is 0 Å². The maximum Gasteiger partial charge on any atom is 0.321 e. The molecule has 1 saturated heterocycles. The van der Waals surface area contributed by atoms with Crippen molar-refractivity contribution in [1.29, 1.82) is 0 Å². The number of aliphatic hydroxyl groups excluding tert-OH is 1. The fraction of sp³-hybridized carbons (Fsp3) is 0.500. The quantitative estimate of drug-likeness (QED) is 0.808. The first-order valence-electron chi connectivity index (χ1n) is 6.72. The lowest BCUT2D eigenvalue weighted by atomic mass is 10.1. The van der Waals surface area contributed by atoms with Crippen molar-refractivity contribution in [3.05, 3.63) is 23.8 Å². The molecule has 0 aromatic heterocycles. The van der Waals surface area contributed by atoms with E-state index in [1.165, 1.54) is 0 Å². The summed E-state index contributed by atoms with van der Waals surface area (Å²) in [6.07, 6.45) is 2.13. The lowest BCUT2D eigenvalue weighted by Gasteiger charge is -2.30. The maximum absolute atomic E-state index is 12.1. The van der Waals surface area contributed by atoms with Crippen LogP contribution in [0.1, 0.15) is 18.4 Å². The average molecular weight is 262 g/mol. The predicted octanol–water partition coefficient (Wildman–Crippen LogP) is 1.61. The van der Waals surface area contributed by atoms with Crippen molar-refractivity contribution in [3.8, 4) is 5.75 Å². The van der Waals surface area contributed by atoms with Gasteiger partial charge in [0.05, 0.1) is 12.7 Å². The Balaban J connectivity index is 1.66. The number of nitrogens with one attached hydrogen (secondary N) is 1. The molecular weight excluding hydrogens is 244 g/mol. The van der Waals surface area contributed by atoms with Gasteiger partial charge in [-0.3, -0.25) is 0 Å². The second-order valence-corrected chi connectivity index (χ2v) is 5.09. The number of hydrogen-bond donors (Lipinski definition) is 2. The maximum atomic E-state index is 12.1. The first-order chi connectivity index (χ1) is 9.22. The highest BCUT2D eigenvalue weighted by Crippen LogP contribution is 2.28. The van der Waals surface area contributed by atoms with E-state index < -0.39 is 6.10 Å². The number of rotatable bonds is 1. The number of piperidine rings is 1. The number of hydrogen-bond acceptors (Lipinski definition) is 3. The van der Waals surface area contributed by atoms with Crippen molar-refractivity contribution in [2.45, 2.75) is 25.4 Å². The van der Waals surface area contributed by atoms with Crippen LogP contribution in [0.15, 0.2) is 18.2 Å². The molecule has 1 aromatic rings. The van der Waals surface area contributed by atoms with Crippen molar-refractivity contribution in [3.63, 3.8) is 0 Å². The summed E-state index contributed by atoms with van der Waals surface area (Å²) < 4.78 is 5.43. The van der Waals surface area contributed by atoms with Crippen LogP contribution in [-0.2, 0) is 6.42 Å². The number of carbonyl (C=O) groups excluding carboxylic acids is 1. The molecule has 2 heterocycles. The molecule has 0 aliphatic carbocycles. The van der Waals surface area contributed by atoms with E-state index in [1.807, 2.05) is 18.2 Å². The SMILES string of the molecule is O=C(Nc1ccc2c(c1)CCO2)N1CCC[C@H](O)C1.